The number of amides is 1. The molecule has 2 atom stereocenters. The van der Waals surface area contributed by atoms with Crippen molar-refractivity contribution in [3.05, 3.63) is 29.8 Å². The number of aliphatic imine (C=N–C) groups is 1. The maximum atomic E-state index is 13.3. The summed E-state index contributed by atoms with van der Waals surface area (Å²) in [7, 11) is -3.33. The number of sulfone groups is 1. The number of carbonyl (C=O) groups excluding carboxylic acids is 1. The largest absolute Gasteiger partial charge is 0.418 e. The zero-order chi connectivity index (χ0) is 17.7. The van der Waals surface area contributed by atoms with E-state index in [0.29, 0.717) is 0 Å². The van der Waals surface area contributed by atoms with E-state index >= 15 is 0 Å². The average molecular weight is 378 g/mol. The molecule has 130 valence electrons. The predicted molar refractivity (Wildman–Crippen MR) is 85.9 cm³/mol. The van der Waals surface area contributed by atoms with Gasteiger partial charge in [-0.2, -0.15) is 18.2 Å². The standard InChI is InChI=1S/C14H13F3N2O3S2/c1-8(20)18-13-19(11-6-24(21,22)7-12(11)23-13)10-5-3-2-4-9(10)14(15,16)17/h2-5,11-12H,6-7H2,1H3/t11-,12+/m1/s1. The molecule has 0 saturated carbocycles. The highest BCUT2D eigenvalue weighted by Crippen LogP contribution is 2.45. The molecule has 2 heterocycles. The lowest BCUT2D eigenvalue weighted by Gasteiger charge is -2.27. The Morgan fingerprint density at radius 3 is 2.58 bits per heavy atom. The Kier molecular flexibility index (Phi) is 4.15. The number of anilines is 1. The molecule has 24 heavy (non-hydrogen) atoms. The third kappa shape index (κ3) is 3.16. The predicted octanol–water partition coefficient (Wildman–Crippen LogP) is 2.33. The van der Waals surface area contributed by atoms with Crippen molar-refractivity contribution in [2.24, 2.45) is 4.99 Å². The molecule has 1 aromatic carbocycles. The monoisotopic (exact) mass is 378 g/mol. The Labute approximate surface area is 140 Å². The number of thioether (sulfide) groups is 1. The number of benzene rings is 1. The summed E-state index contributed by atoms with van der Waals surface area (Å²) in [6.45, 7) is 1.20. The van der Waals surface area contributed by atoms with Crippen LogP contribution in [0, 0.1) is 0 Å². The molecular formula is C14H13F3N2O3S2. The molecule has 0 N–H and O–H groups in total. The van der Waals surface area contributed by atoms with Gasteiger partial charge in [0.1, 0.15) is 0 Å². The van der Waals surface area contributed by atoms with Gasteiger partial charge in [0.25, 0.3) is 0 Å². The summed E-state index contributed by atoms with van der Waals surface area (Å²) in [5.41, 5.74) is -1.06. The van der Waals surface area contributed by atoms with Crippen molar-refractivity contribution in [3.63, 3.8) is 0 Å². The van der Waals surface area contributed by atoms with Gasteiger partial charge in [-0.25, -0.2) is 8.42 Å². The smallest absolute Gasteiger partial charge is 0.315 e. The Bertz CT molecular complexity index is 821. The number of alkyl halides is 3. The van der Waals surface area contributed by atoms with Crippen LogP contribution in [0.25, 0.3) is 0 Å². The van der Waals surface area contributed by atoms with Gasteiger partial charge in [-0.3, -0.25) is 4.79 Å². The van der Waals surface area contributed by atoms with Gasteiger partial charge in [-0.15, -0.1) is 0 Å². The molecule has 1 amide bonds. The van der Waals surface area contributed by atoms with E-state index in [9.17, 15) is 26.4 Å². The molecule has 2 fully saturated rings. The second kappa shape index (κ2) is 5.76. The second-order valence-electron chi connectivity index (χ2n) is 5.60. The zero-order valence-electron chi connectivity index (χ0n) is 12.4. The average Bonchev–Trinajstić information content (AvgIpc) is 2.88. The van der Waals surface area contributed by atoms with E-state index in [1.165, 1.54) is 30.0 Å². The number of nitrogens with zero attached hydrogens (tertiary/aromatic N) is 2. The van der Waals surface area contributed by atoms with Crippen LogP contribution in [0.2, 0.25) is 0 Å². The minimum atomic E-state index is -4.60. The van der Waals surface area contributed by atoms with E-state index in [1.54, 1.807) is 0 Å². The fourth-order valence-electron chi connectivity index (χ4n) is 2.90. The number of fused-ring (bicyclic) bond motifs is 1. The van der Waals surface area contributed by atoms with Crippen LogP contribution < -0.4 is 4.90 Å². The molecule has 0 aliphatic carbocycles. The van der Waals surface area contributed by atoms with E-state index in [2.05, 4.69) is 4.99 Å². The maximum Gasteiger partial charge on any atom is 0.418 e. The highest BCUT2D eigenvalue weighted by molar-refractivity contribution is 8.16. The lowest BCUT2D eigenvalue weighted by atomic mass is 10.1. The summed E-state index contributed by atoms with van der Waals surface area (Å²) < 4.78 is 63.7. The third-order valence-electron chi connectivity index (χ3n) is 3.79. The van der Waals surface area contributed by atoms with Gasteiger partial charge >= 0.3 is 6.18 Å². The summed E-state index contributed by atoms with van der Waals surface area (Å²) in [6, 6.07) is 4.24. The first-order valence-electron chi connectivity index (χ1n) is 7.00. The van der Waals surface area contributed by atoms with Crippen LogP contribution in [0.3, 0.4) is 0 Å². The number of para-hydroxylation sites is 1. The van der Waals surface area contributed by atoms with Crippen molar-refractivity contribution in [1.29, 1.82) is 0 Å². The molecule has 2 aliphatic rings. The van der Waals surface area contributed by atoms with Crippen LogP contribution in [0.5, 0.6) is 0 Å². The molecule has 0 bridgehead atoms. The number of halogens is 3. The molecule has 2 saturated heterocycles. The zero-order valence-corrected chi connectivity index (χ0v) is 14.1. The first kappa shape index (κ1) is 17.3. The van der Waals surface area contributed by atoms with E-state index < -0.39 is 38.8 Å². The van der Waals surface area contributed by atoms with Crippen molar-refractivity contribution in [3.8, 4) is 0 Å². The van der Waals surface area contributed by atoms with Crippen molar-refractivity contribution in [1.82, 2.24) is 0 Å². The highest BCUT2D eigenvalue weighted by Gasteiger charge is 2.51. The van der Waals surface area contributed by atoms with Crippen LogP contribution in [0.1, 0.15) is 12.5 Å². The van der Waals surface area contributed by atoms with Crippen LogP contribution in [-0.2, 0) is 20.8 Å². The molecular weight excluding hydrogens is 365 g/mol. The minimum absolute atomic E-state index is 0.115. The van der Waals surface area contributed by atoms with E-state index in [-0.39, 0.29) is 22.4 Å². The Morgan fingerprint density at radius 1 is 1.29 bits per heavy atom. The van der Waals surface area contributed by atoms with E-state index in [1.807, 2.05) is 0 Å². The van der Waals surface area contributed by atoms with Gasteiger partial charge < -0.3 is 4.90 Å². The summed E-state index contributed by atoms with van der Waals surface area (Å²) >= 11 is 1.04. The van der Waals surface area contributed by atoms with Crippen molar-refractivity contribution in [2.75, 3.05) is 16.4 Å². The van der Waals surface area contributed by atoms with Crippen LogP contribution in [0.15, 0.2) is 29.3 Å². The van der Waals surface area contributed by atoms with Gasteiger partial charge in [-0.1, -0.05) is 23.9 Å². The topological polar surface area (TPSA) is 66.8 Å². The summed E-state index contributed by atoms with van der Waals surface area (Å²) in [5, 5.41) is -0.321. The first-order valence-corrected chi connectivity index (χ1v) is 9.70. The molecule has 0 radical (unpaired) electrons. The van der Waals surface area contributed by atoms with Gasteiger partial charge in [0.15, 0.2) is 15.0 Å². The third-order valence-corrected chi connectivity index (χ3v) is 7.00. The van der Waals surface area contributed by atoms with Crippen LogP contribution >= 0.6 is 11.8 Å². The Morgan fingerprint density at radius 2 is 1.96 bits per heavy atom. The fourth-order valence-corrected chi connectivity index (χ4v) is 6.86. The second-order valence-corrected chi connectivity index (χ2v) is 8.96. The molecule has 1 aromatic rings. The SMILES string of the molecule is CC(=O)N=C1S[C@H]2CS(=O)(=O)C[C@H]2N1c1ccccc1C(F)(F)F. The van der Waals surface area contributed by atoms with Crippen LogP contribution in [-0.4, -0.2) is 42.3 Å². The van der Waals surface area contributed by atoms with Crippen molar-refractivity contribution >= 4 is 38.4 Å². The molecule has 10 heteroatoms. The van der Waals surface area contributed by atoms with Crippen molar-refractivity contribution in [2.45, 2.75) is 24.4 Å². The number of hydrogen-bond donors (Lipinski definition) is 0. The fraction of sp³-hybridized carbons (Fsp3) is 0.429. The lowest BCUT2D eigenvalue weighted by molar-refractivity contribution is -0.137. The van der Waals surface area contributed by atoms with Gasteiger partial charge in [0.05, 0.1) is 28.8 Å². The molecule has 0 aromatic heterocycles. The lowest BCUT2D eigenvalue weighted by Crippen LogP contribution is -2.38. The molecule has 0 unspecified atom stereocenters. The normalized spacial score (nSPS) is 27.5. The molecule has 0 spiro atoms. The first-order chi connectivity index (χ1) is 11.1. The Balaban J connectivity index is 2.14. The van der Waals surface area contributed by atoms with Gasteiger partial charge in [-0.05, 0) is 12.1 Å². The number of hydrogen-bond acceptors (Lipinski definition) is 4. The van der Waals surface area contributed by atoms with E-state index in [0.717, 1.165) is 17.8 Å². The molecule has 3 rings (SSSR count). The van der Waals surface area contributed by atoms with Crippen molar-refractivity contribution < 1.29 is 26.4 Å². The quantitative estimate of drug-likeness (QED) is 0.750. The molecule has 2 aliphatic heterocycles. The van der Waals surface area contributed by atoms with Gasteiger partial charge in [0, 0.05) is 12.2 Å². The number of carbonyl (C=O) groups is 1. The summed E-state index contributed by atoms with van der Waals surface area (Å²) in [6.07, 6.45) is -4.60. The number of amidine groups is 1. The molecule has 5 nitrogen and oxygen atoms in total. The summed E-state index contributed by atoms with van der Waals surface area (Å²) in [5.74, 6) is -0.938. The van der Waals surface area contributed by atoms with Gasteiger partial charge in [0.2, 0.25) is 5.91 Å². The number of rotatable bonds is 1. The van der Waals surface area contributed by atoms with Crippen LogP contribution in [0.4, 0.5) is 18.9 Å². The highest BCUT2D eigenvalue weighted by atomic mass is 32.2. The maximum absolute atomic E-state index is 13.3. The minimum Gasteiger partial charge on any atom is -0.315 e. The summed E-state index contributed by atoms with van der Waals surface area (Å²) in [4.78, 5) is 16.4. The Hall–Kier alpha value is -1.55. The van der Waals surface area contributed by atoms with E-state index in [4.69, 9.17) is 0 Å².